The number of aryl methyl sites for hydroxylation is 1. The molecule has 1 atom stereocenters. The minimum atomic E-state index is -0.0370. The number of nitrogens with two attached hydrogens (primary N) is 1. The smallest absolute Gasteiger partial charge is 0.154 e. The number of aromatic nitrogens is 3. The fourth-order valence-corrected chi connectivity index (χ4v) is 2.85. The molecule has 0 amide bonds. The van der Waals surface area contributed by atoms with E-state index in [-0.39, 0.29) is 6.04 Å². The van der Waals surface area contributed by atoms with E-state index in [2.05, 4.69) is 5.10 Å². The molecule has 1 aliphatic carbocycles. The summed E-state index contributed by atoms with van der Waals surface area (Å²) in [6.45, 7) is 0.751. The average molecular weight is 266 g/mol. The van der Waals surface area contributed by atoms with Crippen molar-refractivity contribution in [1.29, 1.82) is 0 Å². The van der Waals surface area contributed by atoms with Crippen LogP contribution in [-0.2, 0) is 11.8 Å². The molecule has 0 aromatic carbocycles. The molecule has 1 aromatic heterocycles. The van der Waals surface area contributed by atoms with E-state index in [1.807, 2.05) is 11.7 Å². The third-order valence-electron chi connectivity index (χ3n) is 3.98. The second-order valence-electron chi connectivity index (χ2n) is 5.53. The Morgan fingerprint density at radius 2 is 2.11 bits per heavy atom. The Bertz CT molecular complexity index is 385. The number of rotatable bonds is 6. The van der Waals surface area contributed by atoms with E-state index in [0.29, 0.717) is 5.92 Å². The van der Waals surface area contributed by atoms with Gasteiger partial charge in [-0.05, 0) is 25.7 Å². The van der Waals surface area contributed by atoms with Crippen molar-refractivity contribution in [2.75, 3.05) is 13.7 Å². The molecule has 1 aliphatic rings. The van der Waals surface area contributed by atoms with Crippen LogP contribution in [0.4, 0.5) is 0 Å². The summed E-state index contributed by atoms with van der Waals surface area (Å²) in [7, 11) is 3.67. The number of nitrogens with zero attached hydrogens (tertiary/aromatic N) is 3. The van der Waals surface area contributed by atoms with Gasteiger partial charge in [0.05, 0.1) is 6.04 Å². The van der Waals surface area contributed by atoms with Crippen molar-refractivity contribution < 1.29 is 4.74 Å². The Morgan fingerprint density at radius 3 is 2.79 bits per heavy atom. The normalized spacial score (nSPS) is 18.7. The molecular weight excluding hydrogens is 240 g/mol. The van der Waals surface area contributed by atoms with Crippen molar-refractivity contribution in [3.05, 3.63) is 11.6 Å². The third kappa shape index (κ3) is 3.76. The lowest BCUT2D eigenvalue weighted by Gasteiger charge is -2.18. The van der Waals surface area contributed by atoms with Gasteiger partial charge in [-0.1, -0.05) is 19.3 Å². The van der Waals surface area contributed by atoms with Gasteiger partial charge in [-0.25, -0.2) is 4.98 Å². The lowest BCUT2D eigenvalue weighted by atomic mass is 9.89. The molecular formula is C14H26N4O. The van der Waals surface area contributed by atoms with Crippen molar-refractivity contribution in [3.63, 3.8) is 0 Å². The highest BCUT2D eigenvalue weighted by Gasteiger charge is 2.22. The van der Waals surface area contributed by atoms with Gasteiger partial charge in [-0.15, -0.1) is 0 Å². The lowest BCUT2D eigenvalue weighted by Crippen LogP contribution is -2.16. The van der Waals surface area contributed by atoms with Crippen LogP contribution in [0.15, 0.2) is 0 Å². The second kappa shape index (κ2) is 7.01. The molecule has 2 N–H and O–H groups in total. The Balaban J connectivity index is 1.98. The van der Waals surface area contributed by atoms with Crippen molar-refractivity contribution in [2.24, 2.45) is 12.8 Å². The summed E-state index contributed by atoms with van der Waals surface area (Å²) in [6, 6.07) is -0.0370. The van der Waals surface area contributed by atoms with Gasteiger partial charge < -0.3 is 10.5 Å². The largest absolute Gasteiger partial charge is 0.385 e. The molecule has 1 aromatic rings. The van der Waals surface area contributed by atoms with E-state index in [0.717, 1.165) is 31.1 Å². The lowest BCUT2D eigenvalue weighted by molar-refractivity contribution is 0.190. The highest BCUT2D eigenvalue weighted by Crippen LogP contribution is 2.31. The first kappa shape index (κ1) is 14.5. The van der Waals surface area contributed by atoms with Gasteiger partial charge in [0.15, 0.2) is 5.82 Å². The van der Waals surface area contributed by atoms with Crippen molar-refractivity contribution >= 4 is 0 Å². The van der Waals surface area contributed by atoms with Crippen LogP contribution in [0.25, 0.3) is 0 Å². The van der Waals surface area contributed by atoms with Crippen LogP contribution >= 0.6 is 0 Å². The first-order valence-corrected chi connectivity index (χ1v) is 7.37. The molecule has 0 radical (unpaired) electrons. The summed E-state index contributed by atoms with van der Waals surface area (Å²) in [6.07, 6.45) is 8.27. The summed E-state index contributed by atoms with van der Waals surface area (Å²) in [4.78, 5) is 4.70. The molecule has 2 rings (SSSR count). The van der Waals surface area contributed by atoms with Crippen LogP contribution in [0.3, 0.4) is 0 Å². The molecule has 1 fully saturated rings. The van der Waals surface area contributed by atoms with E-state index >= 15 is 0 Å². The number of hydrogen-bond acceptors (Lipinski definition) is 4. The van der Waals surface area contributed by atoms with Crippen molar-refractivity contribution in [2.45, 2.75) is 56.9 Å². The fraction of sp³-hybridized carbons (Fsp3) is 0.857. The summed E-state index contributed by atoms with van der Waals surface area (Å²) in [5, 5.41) is 4.58. The fourth-order valence-electron chi connectivity index (χ4n) is 2.85. The molecule has 0 saturated heterocycles. The van der Waals surface area contributed by atoms with Gasteiger partial charge in [0.25, 0.3) is 0 Å². The number of hydrogen-bond donors (Lipinski definition) is 1. The van der Waals surface area contributed by atoms with Gasteiger partial charge in [0.2, 0.25) is 0 Å². The summed E-state index contributed by atoms with van der Waals surface area (Å²) in [5.41, 5.74) is 6.20. The predicted molar refractivity (Wildman–Crippen MR) is 74.9 cm³/mol. The van der Waals surface area contributed by atoms with Crippen molar-refractivity contribution in [1.82, 2.24) is 14.8 Å². The van der Waals surface area contributed by atoms with E-state index in [9.17, 15) is 0 Å². The molecule has 1 unspecified atom stereocenters. The van der Waals surface area contributed by atoms with E-state index in [4.69, 9.17) is 15.5 Å². The SMILES string of the molecule is COCCCC(N)c1nc(C2CCCCC2)nn1C. The van der Waals surface area contributed by atoms with Gasteiger partial charge >= 0.3 is 0 Å². The molecule has 5 heteroatoms. The van der Waals surface area contributed by atoms with E-state index < -0.39 is 0 Å². The highest BCUT2D eigenvalue weighted by molar-refractivity contribution is 5.03. The van der Waals surface area contributed by atoms with E-state index in [1.165, 1.54) is 32.1 Å². The molecule has 1 saturated carbocycles. The molecule has 5 nitrogen and oxygen atoms in total. The van der Waals surface area contributed by atoms with Crippen LogP contribution in [0.2, 0.25) is 0 Å². The summed E-state index contributed by atoms with van der Waals surface area (Å²) < 4.78 is 6.92. The Kier molecular flexibility index (Phi) is 5.34. The Labute approximate surface area is 115 Å². The van der Waals surface area contributed by atoms with Gasteiger partial charge in [-0.3, -0.25) is 4.68 Å². The molecule has 0 bridgehead atoms. The van der Waals surface area contributed by atoms with Crippen molar-refractivity contribution in [3.8, 4) is 0 Å². The summed E-state index contributed by atoms with van der Waals surface area (Å²) >= 11 is 0. The molecule has 0 spiro atoms. The van der Waals surface area contributed by atoms with Gasteiger partial charge in [-0.2, -0.15) is 5.10 Å². The molecule has 19 heavy (non-hydrogen) atoms. The first-order chi connectivity index (χ1) is 9.22. The zero-order valence-corrected chi connectivity index (χ0v) is 12.1. The van der Waals surface area contributed by atoms with Crippen LogP contribution < -0.4 is 5.73 Å². The first-order valence-electron chi connectivity index (χ1n) is 7.37. The summed E-state index contributed by atoms with van der Waals surface area (Å²) in [5.74, 6) is 2.45. The van der Waals surface area contributed by atoms with Crippen LogP contribution in [0.1, 0.15) is 68.6 Å². The maximum atomic E-state index is 6.20. The second-order valence-corrected chi connectivity index (χ2v) is 5.53. The average Bonchev–Trinajstić information content (AvgIpc) is 2.82. The van der Waals surface area contributed by atoms with Gasteiger partial charge in [0, 0.05) is 26.7 Å². The quantitative estimate of drug-likeness (QED) is 0.802. The zero-order chi connectivity index (χ0) is 13.7. The van der Waals surface area contributed by atoms with Crippen LogP contribution in [0.5, 0.6) is 0 Å². The third-order valence-corrected chi connectivity index (χ3v) is 3.98. The predicted octanol–water partition coefficient (Wildman–Crippen LogP) is 2.29. The monoisotopic (exact) mass is 266 g/mol. The maximum absolute atomic E-state index is 6.20. The van der Waals surface area contributed by atoms with Gasteiger partial charge in [0.1, 0.15) is 5.82 Å². The molecule has 1 heterocycles. The topological polar surface area (TPSA) is 66.0 Å². The Morgan fingerprint density at radius 1 is 1.37 bits per heavy atom. The molecule has 108 valence electrons. The van der Waals surface area contributed by atoms with Crippen LogP contribution in [0, 0.1) is 0 Å². The zero-order valence-electron chi connectivity index (χ0n) is 12.1. The number of ether oxygens (including phenoxy) is 1. The minimum Gasteiger partial charge on any atom is -0.385 e. The van der Waals surface area contributed by atoms with E-state index in [1.54, 1.807) is 7.11 Å². The van der Waals surface area contributed by atoms with Crippen LogP contribution in [-0.4, -0.2) is 28.5 Å². The standard InChI is InChI=1S/C14H26N4O/c1-18-14(12(15)9-6-10-19-2)16-13(17-18)11-7-4-3-5-8-11/h11-12H,3-10,15H2,1-2H3. The number of methoxy groups -OCH3 is 1. The minimum absolute atomic E-state index is 0.0370. The molecule has 0 aliphatic heterocycles. The Hall–Kier alpha value is -0.940. The maximum Gasteiger partial charge on any atom is 0.154 e. The highest BCUT2D eigenvalue weighted by atomic mass is 16.5.